The second kappa shape index (κ2) is 10.7. The van der Waals surface area contributed by atoms with Crippen LogP contribution in [0.1, 0.15) is 24.9 Å². The van der Waals surface area contributed by atoms with Gasteiger partial charge in [0.1, 0.15) is 33.6 Å². The van der Waals surface area contributed by atoms with E-state index in [4.69, 9.17) is 22.4 Å². The number of rotatable bonds is 7. The normalized spacial score (nSPS) is 12.5. The fraction of sp³-hybridized carbons (Fsp3) is 0.143. The summed E-state index contributed by atoms with van der Waals surface area (Å²) in [5, 5.41) is 6.88. The number of pyridine rings is 1. The van der Waals surface area contributed by atoms with E-state index in [-0.39, 0.29) is 33.4 Å². The van der Waals surface area contributed by atoms with Crippen molar-refractivity contribution in [1.82, 2.24) is 24.1 Å². The Bertz CT molecular complexity index is 2040. The van der Waals surface area contributed by atoms with Gasteiger partial charge in [-0.3, -0.25) is 9.20 Å². The minimum Gasteiger partial charge on any atom is -0.432 e. The SMILES string of the molecule is CC[C@@H](c1cc2scc(Cl)n2c(=O)c1-c1cccc(F)c1)n1nc(-c2ccc(OC(F)F)c(F)c2)c2c(N)ncnc21. The van der Waals surface area contributed by atoms with Gasteiger partial charge in [-0.2, -0.15) is 13.9 Å². The third-order valence-corrected chi connectivity index (χ3v) is 8.08. The number of nitrogens with zero attached hydrogens (tertiary/aromatic N) is 5. The molecule has 0 aliphatic rings. The Balaban J connectivity index is 1.61. The lowest BCUT2D eigenvalue weighted by atomic mass is 9.95. The zero-order chi connectivity index (χ0) is 29.7. The Hall–Kier alpha value is -4.49. The topological polar surface area (TPSA) is 100 Å². The van der Waals surface area contributed by atoms with Crippen molar-refractivity contribution in [3.8, 4) is 28.1 Å². The first kappa shape index (κ1) is 27.7. The van der Waals surface area contributed by atoms with Crippen LogP contribution in [0.2, 0.25) is 5.15 Å². The summed E-state index contributed by atoms with van der Waals surface area (Å²) >= 11 is 7.60. The monoisotopic (exact) mass is 614 g/mol. The van der Waals surface area contributed by atoms with Gasteiger partial charge in [0, 0.05) is 10.9 Å². The number of anilines is 1. The highest BCUT2D eigenvalue weighted by molar-refractivity contribution is 7.16. The van der Waals surface area contributed by atoms with E-state index in [0.29, 0.717) is 27.8 Å². The van der Waals surface area contributed by atoms with Crippen LogP contribution < -0.4 is 16.0 Å². The maximum absolute atomic E-state index is 14.7. The van der Waals surface area contributed by atoms with Crippen molar-refractivity contribution < 1.29 is 22.3 Å². The van der Waals surface area contributed by atoms with Crippen LogP contribution in [-0.4, -0.2) is 30.8 Å². The molecule has 2 N–H and O–H groups in total. The summed E-state index contributed by atoms with van der Waals surface area (Å²) in [5.41, 5.74) is 7.54. The Labute approximate surface area is 243 Å². The molecule has 0 unspecified atom stereocenters. The number of thiazole rings is 1. The summed E-state index contributed by atoms with van der Waals surface area (Å²) in [6, 6.07) is 10.3. The molecule has 0 aliphatic heterocycles. The maximum atomic E-state index is 14.7. The van der Waals surface area contributed by atoms with E-state index in [1.807, 2.05) is 6.92 Å². The zero-order valence-electron chi connectivity index (χ0n) is 21.6. The van der Waals surface area contributed by atoms with Crippen LogP contribution >= 0.6 is 22.9 Å². The maximum Gasteiger partial charge on any atom is 0.387 e. The van der Waals surface area contributed by atoms with E-state index in [2.05, 4.69) is 14.7 Å². The number of halogens is 5. The van der Waals surface area contributed by atoms with Gasteiger partial charge < -0.3 is 10.5 Å². The van der Waals surface area contributed by atoms with Crippen molar-refractivity contribution in [3.05, 3.63) is 92.9 Å². The Morgan fingerprint density at radius 2 is 1.90 bits per heavy atom. The minimum atomic E-state index is -3.20. The van der Waals surface area contributed by atoms with E-state index in [9.17, 15) is 22.4 Å². The van der Waals surface area contributed by atoms with E-state index in [0.717, 1.165) is 12.1 Å². The highest BCUT2D eigenvalue weighted by Crippen LogP contribution is 2.38. The summed E-state index contributed by atoms with van der Waals surface area (Å²) in [7, 11) is 0. The first-order valence-corrected chi connectivity index (χ1v) is 13.8. The molecule has 214 valence electrons. The number of fused-ring (bicyclic) bond motifs is 2. The van der Waals surface area contributed by atoms with Crippen LogP contribution in [-0.2, 0) is 0 Å². The number of hydrogen-bond donors (Lipinski definition) is 1. The molecular formula is C28H19ClF4N6O2S. The quantitative estimate of drug-likeness (QED) is 0.195. The summed E-state index contributed by atoms with van der Waals surface area (Å²) in [6.45, 7) is -1.33. The fourth-order valence-corrected chi connectivity index (χ4v) is 6.19. The first-order chi connectivity index (χ1) is 20.2. The highest BCUT2D eigenvalue weighted by atomic mass is 35.5. The Morgan fingerprint density at radius 3 is 2.62 bits per heavy atom. The lowest BCUT2D eigenvalue weighted by molar-refractivity contribution is -0.0521. The van der Waals surface area contributed by atoms with Gasteiger partial charge in [0.2, 0.25) is 0 Å². The standard InChI is InChI=1S/C28H19ClF4N6O2S/c1-2-18(16-10-21-38(20(29)11-42-21)27(40)22(16)13-4-3-5-15(30)8-13)39-26-23(25(34)35-12-36-26)24(37-39)14-6-7-19(17(31)9-14)41-28(32)33/h3-12,18,28H,2H2,1H3,(H2,34,35,36)/t18-/m0/s1. The van der Waals surface area contributed by atoms with Gasteiger partial charge in [0.25, 0.3) is 5.56 Å². The molecule has 2 aromatic carbocycles. The van der Waals surface area contributed by atoms with Crippen molar-refractivity contribution in [2.75, 3.05) is 5.73 Å². The van der Waals surface area contributed by atoms with Crippen molar-refractivity contribution in [2.45, 2.75) is 26.0 Å². The molecule has 0 saturated heterocycles. The lowest BCUT2D eigenvalue weighted by Crippen LogP contribution is -2.21. The van der Waals surface area contributed by atoms with Crippen molar-refractivity contribution in [1.29, 1.82) is 0 Å². The van der Waals surface area contributed by atoms with E-state index >= 15 is 0 Å². The molecule has 4 aromatic heterocycles. The van der Waals surface area contributed by atoms with Gasteiger partial charge in [-0.1, -0.05) is 30.7 Å². The van der Waals surface area contributed by atoms with Crippen LogP contribution in [0.15, 0.2) is 65.0 Å². The third-order valence-electron chi connectivity index (χ3n) is 6.79. The second-order valence-corrected chi connectivity index (χ2v) is 10.5. The first-order valence-electron chi connectivity index (χ1n) is 12.5. The molecule has 42 heavy (non-hydrogen) atoms. The molecule has 0 aliphatic carbocycles. The molecule has 0 bridgehead atoms. The van der Waals surface area contributed by atoms with Crippen molar-refractivity contribution in [3.63, 3.8) is 0 Å². The number of benzene rings is 2. The predicted molar refractivity (Wildman–Crippen MR) is 152 cm³/mol. The van der Waals surface area contributed by atoms with Gasteiger partial charge in [0.15, 0.2) is 17.2 Å². The van der Waals surface area contributed by atoms with Crippen LogP contribution in [0.25, 0.3) is 38.2 Å². The van der Waals surface area contributed by atoms with Gasteiger partial charge in [0.05, 0.1) is 17.0 Å². The zero-order valence-corrected chi connectivity index (χ0v) is 23.1. The number of nitrogens with two attached hydrogens (primary N) is 1. The highest BCUT2D eigenvalue weighted by Gasteiger charge is 2.28. The average molecular weight is 615 g/mol. The Kier molecular flexibility index (Phi) is 7.07. The van der Waals surface area contributed by atoms with E-state index in [1.54, 1.807) is 22.2 Å². The number of alkyl halides is 2. The van der Waals surface area contributed by atoms with E-state index in [1.165, 1.54) is 46.3 Å². The number of aromatic nitrogens is 5. The van der Waals surface area contributed by atoms with Gasteiger partial charge in [-0.15, -0.1) is 11.3 Å². The van der Waals surface area contributed by atoms with Gasteiger partial charge in [-0.25, -0.2) is 23.4 Å². The fourth-order valence-electron chi connectivity index (χ4n) is 5.03. The van der Waals surface area contributed by atoms with Crippen molar-refractivity contribution >= 4 is 44.6 Å². The molecule has 0 saturated carbocycles. The molecule has 14 heteroatoms. The van der Waals surface area contributed by atoms with Crippen LogP contribution in [0.5, 0.6) is 5.75 Å². The smallest absolute Gasteiger partial charge is 0.387 e. The molecular weight excluding hydrogens is 596 g/mol. The second-order valence-electron chi connectivity index (χ2n) is 9.22. The van der Waals surface area contributed by atoms with Gasteiger partial charge >= 0.3 is 6.61 Å². The molecule has 8 nitrogen and oxygen atoms in total. The summed E-state index contributed by atoms with van der Waals surface area (Å²) in [5.74, 6) is -2.13. The summed E-state index contributed by atoms with van der Waals surface area (Å²) < 4.78 is 61.6. The summed E-state index contributed by atoms with van der Waals surface area (Å²) in [4.78, 5) is 22.9. The van der Waals surface area contributed by atoms with Crippen LogP contribution in [0.3, 0.4) is 0 Å². The molecule has 4 heterocycles. The molecule has 1 atom stereocenters. The predicted octanol–water partition coefficient (Wildman–Crippen LogP) is 6.95. The van der Waals surface area contributed by atoms with Gasteiger partial charge in [-0.05, 0) is 53.9 Å². The molecule has 0 fully saturated rings. The van der Waals surface area contributed by atoms with Crippen LogP contribution in [0.4, 0.5) is 23.4 Å². The largest absolute Gasteiger partial charge is 0.432 e. The lowest BCUT2D eigenvalue weighted by Gasteiger charge is -2.20. The molecule has 0 spiro atoms. The molecule has 6 aromatic rings. The average Bonchev–Trinajstić information content (AvgIpc) is 3.52. The van der Waals surface area contributed by atoms with Crippen LogP contribution in [0, 0.1) is 11.6 Å². The molecule has 6 rings (SSSR count). The summed E-state index contributed by atoms with van der Waals surface area (Å²) in [6.07, 6.45) is 1.64. The number of ether oxygens (including phenoxy) is 1. The molecule has 0 radical (unpaired) electrons. The molecule has 0 amide bonds. The number of hydrogen-bond acceptors (Lipinski definition) is 7. The van der Waals surface area contributed by atoms with E-state index < -0.39 is 35.6 Å². The number of nitrogen functional groups attached to an aromatic ring is 1. The van der Waals surface area contributed by atoms with Crippen molar-refractivity contribution in [2.24, 2.45) is 0 Å². The third kappa shape index (κ3) is 4.64. The minimum absolute atomic E-state index is 0.0512. The Morgan fingerprint density at radius 1 is 1.10 bits per heavy atom.